The molecule has 0 saturated heterocycles. The van der Waals surface area contributed by atoms with E-state index < -0.39 is 0 Å². The van der Waals surface area contributed by atoms with Crippen LogP contribution in [0.1, 0.15) is 37.9 Å². The van der Waals surface area contributed by atoms with Gasteiger partial charge in [0.2, 0.25) is 5.91 Å². The SMILES string of the molecule is CC(C)CC(CN)CC(=O)N1CCc2ncccc2C1. The molecule has 0 aromatic carbocycles. The molecule has 0 spiro atoms. The summed E-state index contributed by atoms with van der Waals surface area (Å²) < 4.78 is 0. The third-order valence-electron chi connectivity index (χ3n) is 3.92. The van der Waals surface area contributed by atoms with Crippen LogP contribution in [0.3, 0.4) is 0 Å². The van der Waals surface area contributed by atoms with Gasteiger partial charge in [0.1, 0.15) is 0 Å². The second-order valence-electron chi connectivity index (χ2n) is 6.11. The molecule has 4 heteroatoms. The summed E-state index contributed by atoms with van der Waals surface area (Å²) in [6, 6.07) is 4.00. The molecule has 2 N–H and O–H groups in total. The summed E-state index contributed by atoms with van der Waals surface area (Å²) in [7, 11) is 0. The number of rotatable bonds is 5. The van der Waals surface area contributed by atoms with Crippen molar-refractivity contribution in [1.29, 1.82) is 0 Å². The number of nitrogens with zero attached hydrogens (tertiary/aromatic N) is 2. The van der Waals surface area contributed by atoms with Gasteiger partial charge < -0.3 is 10.6 Å². The lowest BCUT2D eigenvalue weighted by Crippen LogP contribution is -2.38. The zero-order valence-corrected chi connectivity index (χ0v) is 12.5. The van der Waals surface area contributed by atoms with E-state index in [2.05, 4.69) is 24.9 Å². The van der Waals surface area contributed by atoms with Crippen molar-refractivity contribution in [1.82, 2.24) is 9.88 Å². The highest BCUT2D eigenvalue weighted by molar-refractivity contribution is 5.76. The molecule has 1 aliphatic rings. The van der Waals surface area contributed by atoms with Gasteiger partial charge in [0.15, 0.2) is 0 Å². The zero-order valence-electron chi connectivity index (χ0n) is 12.5. The molecular formula is C16H25N3O. The van der Waals surface area contributed by atoms with Crippen LogP contribution in [-0.4, -0.2) is 28.9 Å². The number of pyridine rings is 1. The lowest BCUT2D eigenvalue weighted by molar-refractivity contribution is -0.133. The summed E-state index contributed by atoms with van der Waals surface area (Å²) in [5.74, 6) is 1.12. The lowest BCUT2D eigenvalue weighted by atomic mass is 9.93. The van der Waals surface area contributed by atoms with E-state index in [4.69, 9.17) is 5.73 Å². The fourth-order valence-corrected chi connectivity index (χ4v) is 2.88. The van der Waals surface area contributed by atoms with Gasteiger partial charge in [-0.25, -0.2) is 0 Å². The fourth-order valence-electron chi connectivity index (χ4n) is 2.88. The fraction of sp³-hybridized carbons (Fsp3) is 0.625. The highest BCUT2D eigenvalue weighted by atomic mass is 16.2. The number of aromatic nitrogens is 1. The average molecular weight is 275 g/mol. The Bertz CT molecular complexity index is 459. The van der Waals surface area contributed by atoms with E-state index in [1.807, 2.05) is 17.2 Å². The summed E-state index contributed by atoms with van der Waals surface area (Å²) in [6.07, 6.45) is 4.28. The van der Waals surface area contributed by atoms with E-state index in [1.54, 1.807) is 0 Å². The van der Waals surface area contributed by atoms with Crippen LogP contribution in [0.4, 0.5) is 0 Å². The summed E-state index contributed by atoms with van der Waals surface area (Å²) in [4.78, 5) is 18.7. The normalized spacial score (nSPS) is 16.1. The van der Waals surface area contributed by atoms with E-state index >= 15 is 0 Å². The Morgan fingerprint density at radius 1 is 1.50 bits per heavy atom. The Kier molecular flexibility index (Phi) is 5.12. The van der Waals surface area contributed by atoms with E-state index in [0.717, 1.165) is 25.1 Å². The Balaban J connectivity index is 1.94. The molecule has 0 bridgehead atoms. The van der Waals surface area contributed by atoms with Gasteiger partial charge in [-0.1, -0.05) is 19.9 Å². The number of hydrogen-bond donors (Lipinski definition) is 1. The molecule has 0 aliphatic carbocycles. The van der Waals surface area contributed by atoms with Crippen LogP contribution in [-0.2, 0) is 17.8 Å². The average Bonchev–Trinajstić information content (AvgIpc) is 2.45. The smallest absolute Gasteiger partial charge is 0.223 e. The van der Waals surface area contributed by atoms with Crippen molar-refractivity contribution in [2.24, 2.45) is 17.6 Å². The van der Waals surface area contributed by atoms with Gasteiger partial charge >= 0.3 is 0 Å². The topological polar surface area (TPSA) is 59.2 Å². The van der Waals surface area contributed by atoms with Gasteiger partial charge in [0, 0.05) is 37.8 Å². The molecule has 1 atom stereocenters. The standard InChI is InChI=1S/C16H25N3O/c1-12(2)8-13(10-17)9-16(20)19-7-5-15-14(11-19)4-3-6-18-15/h3-4,6,12-13H,5,7-11,17H2,1-2H3. The van der Waals surface area contributed by atoms with Crippen molar-refractivity contribution in [2.45, 2.75) is 39.7 Å². The predicted octanol–water partition coefficient (Wildman–Crippen LogP) is 1.98. The second kappa shape index (κ2) is 6.84. The van der Waals surface area contributed by atoms with Crippen molar-refractivity contribution in [3.05, 3.63) is 29.6 Å². The lowest BCUT2D eigenvalue weighted by Gasteiger charge is -2.29. The van der Waals surface area contributed by atoms with Gasteiger partial charge in [-0.2, -0.15) is 0 Å². The van der Waals surface area contributed by atoms with E-state index in [-0.39, 0.29) is 5.91 Å². The number of nitrogens with two attached hydrogens (primary N) is 1. The largest absolute Gasteiger partial charge is 0.338 e. The van der Waals surface area contributed by atoms with Crippen molar-refractivity contribution < 1.29 is 4.79 Å². The second-order valence-corrected chi connectivity index (χ2v) is 6.11. The van der Waals surface area contributed by atoms with Crippen LogP contribution in [0.5, 0.6) is 0 Å². The number of hydrogen-bond acceptors (Lipinski definition) is 3. The first-order chi connectivity index (χ1) is 9.60. The van der Waals surface area contributed by atoms with Crippen molar-refractivity contribution in [3.63, 3.8) is 0 Å². The number of carbonyl (C=O) groups excluding carboxylic acids is 1. The number of carbonyl (C=O) groups is 1. The van der Waals surface area contributed by atoms with Crippen LogP contribution < -0.4 is 5.73 Å². The quantitative estimate of drug-likeness (QED) is 0.894. The minimum atomic E-state index is 0.232. The van der Waals surface area contributed by atoms with Gasteiger partial charge in [0.25, 0.3) is 0 Å². The van der Waals surface area contributed by atoms with Crippen LogP contribution in [0.2, 0.25) is 0 Å². The molecule has 1 unspecified atom stereocenters. The van der Waals surface area contributed by atoms with Crippen LogP contribution >= 0.6 is 0 Å². The van der Waals surface area contributed by atoms with Crippen LogP contribution in [0, 0.1) is 11.8 Å². The van der Waals surface area contributed by atoms with Crippen molar-refractivity contribution >= 4 is 5.91 Å². The summed E-state index contributed by atoms with van der Waals surface area (Å²) in [5, 5.41) is 0. The first-order valence-corrected chi connectivity index (χ1v) is 7.50. The molecule has 2 heterocycles. The van der Waals surface area contributed by atoms with Crippen LogP contribution in [0.25, 0.3) is 0 Å². The Morgan fingerprint density at radius 2 is 2.30 bits per heavy atom. The predicted molar refractivity (Wildman–Crippen MR) is 80.0 cm³/mol. The first-order valence-electron chi connectivity index (χ1n) is 7.50. The monoisotopic (exact) mass is 275 g/mol. The van der Waals surface area contributed by atoms with Crippen LogP contribution in [0.15, 0.2) is 18.3 Å². The van der Waals surface area contributed by atoms with Gasteiger partial charge in [-0.15, -0.1) is 0 Å². The molecule has 2 rings (SSSR count). The summed E-state index contributed by atoms with van der Waals surface area (Å²) in [5.41, 5.74) is 8.11. The van der Waals surface area contributed by atoms with Gasteiger partial charge in [0.05, 0.1) is 0 Å². The first kappa shape index (κ1) is 15.0. The molecule has 0 fully saturated rings. The van der Waals surface area contributed by atoms with E-state index in [1.165, 1.54) is 5.56 Å². The molecule has 0 radical (unpaired) electrons. The molecule has 20 heavy (non-hydrogen) atoms. The Hall–Kier alpha value is -1.42. The van der Waals surface area contributed by atoms with E-state index in [0.29, 0.717) is 31.3 Å². The highest BCUT2D eigenvalue weighted by Gasteiger charge is 2.23. The molecule has 1 aliphatic heterocycles. The van der Waals surface area contributed by atoms with Crippen molar-refractivity contribution in [2.75, 3.05) is 13.1 Å². The summed E-state index contributed by atoms with van der Waals surface area (Å²) >= 11 is 0. The van der Waals surface area contributed by atoms with Gasteiger partial charge in [-0.05, 0) is 36.4 Å². The zero-order chi connectivity index (χ0) is 14.5. The molecule has 110 valence electrons. The Labute approximate surface area is 121 Å². The maximum absolute atomic E-state index is 12.4. The van der Waals surface area contributed by atoms with Gasteiger partial charge in [-0.3, -0.25) is 9.78 Å². The molecule has 1 aromatic heterocycles. The van der Waals surface area contributed by atoms with Crippen molar-refractivity contribution in [3.8, 4) is 0 Å². The molecule has 0 saturated carbocycles. The number of fused-ring (bicyclic) bond motifs is 1. The minimum absolute atomic E-state index is 0.232. The maximum Gasteiger partial charge on any atom is 0.223 e. The minimum Gasteiger partial charge on any atom is -0.338 e. The highest BCUT2D eigenvalue weighted by Crippen LogP contribution is 2.20. The van der Waals surface area contributed by atoms with E-state index in [9.17, 15) is 4.79 Å². The molecule has 1 aromatic rings. The molecular weight excluding hydrogens is 250 g/mol. The molecule has 4 nitrogen and oxygen atoms in total. The third-order valence-corrected chi connectivity index (χ3v) is 3.92. The molecule has 1 amide bonds. The Morgan fingerprint density at radius 3 is 3.00 bits per heavy atom. The maximum atomic E-state index is 12.4. The number of amides is 1. The summed E-state index contributed by atoms with van der Waals surface area (Å²) in [6.45, 7) is 6.42. The third kappa shape index (κ3) is 3.79.